The van der Waals surface area contributed by atoms with E-state index in [0.29, 0.717) is 25.6 Å². The number of sulfonamides is 1. The zero-order chi connectivity index (χ0) is 17.3. The van der Waals surface area contributed by atoms with Crippen LogP contribution in [0.4, 0.5) is 0 Å². The molecule has 2 heterocycles. The summed E-state index contributed by atoms with van der Waals surface area (Å²) in [6, 6.07) is 0. The lowest BCUT2D eigenvalue weighted by Crippen LogP contribution is -2.45. The van der Waals surface area contributed by atoms with E-state index in [4.69, 9.17) is 0 Å². The van der Waals surface area contributed by atoms with Gasteiger partial charge in [-0.15, -0.1) is 24.0 Å². The third kappa shape index (κ3) is 8.63. The van der Waals surface area contributed by atoms with E-state index in [1.807, 2.05) is 11.8 Å². The Balaban J connectivity index is 0.00000312. The van der Waals surface area contributed by atoms with Crippen molar-refractivity contribution < 1.29 is 8.42 Å². The summed E-state index contributed by atoms with van der Waals surface area (Å²) in [4.78, 5) is 6.63. The molecule has 0 unspecified atom stereocenters. The Morgan fingerprint density at radius 3 is 2.32 bits per heavy atom. The Bertz CT molecular complexity index is 492. The van der Waals surface area contributed by atoms with Gasteiger partial charge in [-0.2, -0.15) is 11.8 Å². The molecule has 148 valence electrons. The Morgan fingerprint density at radius 1 is 1.04 bits per heavy atom. The van der Waals surface area contributed by atoms with Crippen LogP contribution in [0.2, 0.25) is 0 Å². The lowest BCUT2D eigenvalue weighted by Gasteiger charge is -2.27. The number of hydrogen-bond donors (Lipinski definition) is 2. The quantitative estimate of drug-likeness (QED) is 0.301. The van der Waals surface area contributed by atoms with Gasteiger partial charge < -0.3 is 15.5 Å². The van der Waals surface area contributed by atoms with Crippen molar-refractivity contribution in [1.82, 2.24) is 19.8 Å². The number of aliphatic imine (C=N–C) groups is 1. The highest BCUT2D eigenvalue weighted by Crippen LogP contribution is 2.13. The third-order valence-electron chi connectivity index (χ3n) is 4.41. The summed E-state index contributed by atoms with van der Waals surface area (Å²) in [5.41, 5.74) is 0. The second-order valence-electron chi connectivity index (χ2n) is 6.16. The van der Waals surface area contributed by atoms with Crippen molar-refractivity contribution in [3.63, 3.8) is 0 Å². The molecular weight excluding hydrogens is 473 g/mol. The molecular formula is C15H32IN5O2S2. The van der Waals surface area contributed by atoms with Crippen molar-refractivity contribution in [2.24, 2.45) is 4.99 Å². The second-order valence-corrected chi connectivity index (χ2v) is 9.47. The minimum Gasteiger partial charge on any atom is -0.355 e. The van der Waals surface area contributed by atoms with Gasteiger partial charge in [0.25, 0.3) is 0 Å². The number of guanidine groups is 1. The maximum atomic E-state index is 12.3. The van der Waals surface area contributed by atoms with Gasteiger partial charge in [-0.3, -0.25) is 4.99 Å². The molecule has 0 radical (unpaired) electrons. The summed E-state index contributed by atoms with van der Waals surface area (Å²) in [6.45, 7) is 5.85. The van der Waals surface area contributed by atoms with E-state index in [0.717, 1.165) is 24.6 Å². The third-order valence-corrected chi connectivity index (χ3v) is 7.22. The molecule has 25 heavy (non-hydrogen) atoms. The maximum Gasteiger partial charge on any atom is 0.215 e. The molecule has 0 bridgehead atoms. The molecule has 10 heteroatoms. The van der Waals surface area contributed by atoms with E-state index in [1.165, 1.54) is 32.4 Å². The molecule has 2 saturated heterocycles. The minimum absolute atomic E-state index is 0. The number of likely N-dealkylation sites (tertiary alicyclic amines) is 1. The highest BCUT2D eigenvalue weighted by molar-refractivity contribution is 14.0. The first-order valence-electron chi connectivity index (χ1n) is 8.84. The lowest BCUT2D eigenvalue weighted by molar-refractivity contribution is 0.232. The van der Waals surface area contributed by atoms with Gasteiger partial charge in [0.2, 0.25) is 10.0 Å². The van der Waals surface area contributed by atoms with Gasteiger partial charge in [-0.25, -0.2) is 12.7 Å². The zero-order valence-corrected chi connectivity index (χ0v) is 19.0. The minimum atomic E-state index is -3.16. The summed E-state index contributed by atoms with van der Waals surface area (Å²) >= 11 is 1.81. The molecule has 0 amide bonds. The summed E-state index contributed by atoms with van der Waals surface area (Å²) < 4.78 is 26.2. The van der Waals surface area contributed by atoms with Gasteiger partial charge in [0, 0.05) is 51.3 Å². The highest BCUT2D eigenvalue weighted by atomic mass is 127. The average Bonchev–Trinajstić information content (AvgIpc) is 2.62. The molecule has 0 atom stereocenters. The fourth-order valence-corrected chi connectivity index (χ4v) is 5.48. The van der Waals surface area contributed by atoms with Gasteiger partial charge in [-0.1, -0.05) is 6.42 Å². The Kier molecular flexibility index (Phi) is 11.7. The van der Waals surface area contributed by atoms with Crippen molar-refractivity contribution in [1.29, 1.82) is 0 Å². The molecule has 0 aromatic heterocycles. The fourth-order valence-electron chi connectivity index (χ4n) is 2.99. The van der Waals surface area contributed by atoms with Crippen LogP contribution >= 0.6 is 35.7 Å². The van der Waals surface area contributed by atoms with E-state index in [9.17, 15) is 8.42 Å². The predicted molar refractivity (Wildman–Crippen MR) is 118 cm³/mol. The van der Waals surface area contributed by atoms with Crippen LogP contribution in [0.3, 0.4) is 0 Å². The number of rotatable bonds is 7. The van der Waals surface area contributed by atoms with Crippen molar-refractivity contribution in [2.45, 2.75) is 19.3 Å². The summed E-state index contributed by atoms with van der Waals surface area (Å²) in [6.07, 6.45) is 3.93. The van der Waals surface area contributed by atoms with Gasteiger partial charge in [-0.05, 0) is 25.9 Å². The van der Waals surface area contributed by atoms with Gasteiger partial charge in [0.1, 0.15) is 0 Å². The van der Waals surface area contributed by atoms with E-state index in [1.54, 1.807) is 11.4 Å². The molecule has 2 N–H and O–H groups in total. The van der Waals surface area contributed by atoms with E-state index in [2.05, 4.69) is 20.5 Å². The number of thioether (sulfide) groups is 1. The van der Waals surface area contributed by atoms with Crippen LogP contribution in [0.15, 0.2) is 4.99 Å². The molecule has 0 aromatic rings. The van der Waals surface area contributed by atoms with Crippen LogP contribution in [-0.2, 0) is 10.0 Å². The zero-order valence-electron chi connectivity index (χ0n) is 15.1. The first-order valence-corrected chi connectivity index (χ1v) is 11.6. The van der Waals surface area contributed by atoms with Crippen molar-refractivity contribution >= 4 is 51.7 Å². The number of nitrogens with one attached hydrogen (secondary N) is 2. The fraction of sp³-hybridized carbons (Fsp3) is 0.933. The van der Waals surface area contributed by atoms with Crippen molar-refractivity contribution in [3.8, 4) is 0 Å². The average molecular weight is 505 g/mol. The monoisotopic (exact) mass is 505 g/mol. The molecule has 0 aliphatic carbocycles. The predicted octanol–water partition coefficient (Wildman–Crippen LogP) is 0.634. The van der Waals surface area contributed by atoms with Crippen molar-refractivity contribution in [3.05, 3.63) is 0 Å². The molecule has 0 saturated carbocycles. The van der Waals surface area contributed by atoms with Crippen molar-refractivity contribution in [2.75, 3.05) is 70.1 Å². The summed E-state index contributed by atoms with van der Waals surface area (Å²) in [7, 11) is -1.44. The normalized spacial score (nSPS) is 20.8. The first kappa shape index (κ1) is 23.3. The molecule has 0 spiro atoms. The molecule has 2 fully saturated rings. The first-order chi connectivity index (χ1) is 11.6. The molecule has 0 aromatic carbocycles. The van der Waals surface area contributed by atoms with Crippen LogP contribution < -0.4 is 10.6 Å². The number of hydrogen-bond acceptors (Lipinski definition) is 5. The molecule has 2 aliphatic heterocycles. The topological polar surface area (TPSA) is 77.0 Å². The maximum absolute atomic E-state index is 12.3. The van der Waals surface area contributed by atoms with Crippen LogP contribution in [0.25, 0.3) is 0 Å². The lowest BCUT2D eigenvalue weighted by atomic mass is 10.1. The smallest absolute Gasteiger partial charge is 0.215 e. The number of nitrogens with zero attached hydrogens (tertiary/aromatic N) is 3. The van der Waals surface area contributed by atoms with Gasteiger partial charge in [0.15, 0.2) is 5.96 Å². The molecule has 7 nitrogen and oxygen atoms in total. The Labute approximate surface area is 173 Å². The van der Waals surface area contributed by atoms with Crippen LogP contribution in [0.5, 0.6) is 0 Å². The second kappa shape index (κ2) is 12.6. The van der Waals surface area contributed by atoms with Gasteiger partial charge >= 0.3 is 0 Å². The molecule has 2 rings (SSSR count). The number of halogens is 1. The summed E-state index contributed by atoms with van der Waals surface area (Å²) in [5.74, 6) is 2.58. The van der Waals surface area contributed by atoms with Gasteiger partial charge in [0.05, 0.1) is 5.75 Å². The Morgan fingerprint density at radius 2 is 1.68 bits per heavy atom. The van der Waals surface area contributed by atoms with Crippen LogP contribution in [0, 0.1) is 0 Å². The summed E-state index contributed by atoms with van der Waals surface area (Å²) in [5, 5.41) is 6.38. The van der Waals surface area contributed by atoms with E-state index >= 15 is 0 Å². The van der Waals surface area contributed by atoms with Crippen LogP contribution in [-0.4, -0.2) is 93.7 Å². The van der Waals surface area contributed by atoms with E-state index < -0.39 is 10.0 Å². The Hall–Kier alpha value is 0.220. The van der Waals surface area contributed by atoms with Crippen LogP contribution in [0.1, 0.15) is 19.3 Å². The standard InChI is InChI=1S/C15H31N5O2S2.HI/c1-16-15(17-5-9-19-7-3-2-4-8-19)18-6-14-24(21,22)20-10-12-23-13-11-20;/h2-14H2,1H3,(H2,16,17,18);1H. The molecule has 2 aliphatic rings. The van der Waals surface area contributed by atoms with E-state index in [-0.39, 0.29) is 29.7 Å². The number of piperidine rings is 1. The highest BCUT2D eigenvalue weighted by Gasteiger charge is 2.23. The SMILES string of the molecule is CN=C(NCCN1CCCCC1)NCCS(=O)(=O)N1CCSCC1.I. The largest absolute Gasteiger partial charge is 0.355 e.